The molecule has 1 aromatic heterocycles. The second kappa shape index (κ2) is 11.7. The number of hydrogen-bond donors (Lipinski definition) is 0. The molecular weight excluding hydrogens is 508 g/mol. The quantitative estimate of drug-likeness (QED) is 0.179. The first-order valence-corrected chi connectivity index (χ1v) is 13.9. The van der Waals surface area contributed by atoms with Gasteiger partial charge in [-0.2, -0.15) is 0 Å². The van der Waals surface area contributed by atoms with Crippen LogP contribution in [0.5, 0.6) is 5.75 Å². The van der Waals surface area contributed by atoms with Gasteiger partial charge in [-0.05, 0) is 40.5 Å². The lowest BCUT2D eigenvalue weighted by Gasteiger charge is -2.47. The predicted octanol–water partition coefficient (Wildman–Crippen LogP) is 5.99. The van der Waals surface area contributed by atoms with Crippen molar-refractivity contribution in [3.63, 3.8) is 0 Å². The van der Waals surface area contributed by atoms with E-state index in [9.17, 15) is 4.79 Å². The van der Waals surface area contributed by atoms with E-state index in [2.05, 4.69) is 88.0 Å². The normalized spacial score (nSPS) is 15.2. The van der Waals surface area contributed by atoms with Gasteiger partial charge in [-0.25, -0.2) is 4.68 Å². The van der Waals surface area contributed by atoms with Crippen molar-refractivity contribution >= 4 is 11.9 Å². The van der Waals surface area contributed by atoms with Gasteiger partial charge in [0.1, 0.15) is 11.4 Å². The molecule has 41 heavy (non-hydrogen) atoms. The summed E-state index contributed by atoms with van der Waals surface area (Å²) in [7, 11) is 1.66. The average molecular weight is 541 g/mol. The van der Waals surface area contributed by atoms with Crippen LogP contribution in [0.15, 0.2) is 127 Å². The maximum Gasteiger partial charge on any atom is 0.161 e. The van der Waals surface area contributed by atoms with E-state index < -0.39 is 5.54 Å². The van der Waals surface area contributed by atoms with Crippen LogP contribution in [0.4, 0.5) is 0 Å². The standard InChI is InChI=1S/C35H32N4O2/c1-41-33-19-17-27(18-20-33)24-39-26-32(36-37-39)23-28-25-38(22-21-34(28)40)35(29-11-5-2-6-12-29,30-13-7-3-8-14-30)31-15-9-4-10-16-31/h2-20,23,26H,21-22,24-25H2,1H3/b28-23-. The van der Waals surface area contributed by atoms with E-state index >= 15 is 0 Å². The molecule has 1 fully saturated rings. The Kier molecular flexibility index (Phi) is 7.56. The zero-order valence-corrected chi connectivity index (χ0v) is 23.1. The van der Waals surface area contributed by atoms with E-state index in [1.54, 1.807) is 11.8 Å². The van der Waals surface area contributed by atoms with E-state index in [-0.39, 0.29) is 5.78 Å². The lowest BCUT2D eigenvalue weighted by Crippen LogP contribution is -2.52. The molecule has 0 bridgehead atoms. The number of nitrogens with zero attached hydrogens (tertiary/aromatic N) is 4. The Balaban J connectivity index is 1.37. The van der Waals surface area contributed by atoms with Gasteiger partial charge in [-0.15, -0.1) is 5.10 Å². The minimum Gasteiger partial charge on any atom is -0.497 e. The number of rotatable bonds is 8. The van der Waals surface area contributed by atoms with Crippen molar-refractivity contribution in [3.05, 3.63) is 155 Å². The summed E-state index contributed by atoms with van der Waals surface area (Å²) in [6.45, 7) is 1.71. The molecule has 204 valence electrons. The molecule has 6 heteroatoms. The minimum atomic E-state index is -0.574. The molecule has 2 heterocycles. The number of carbonyl (C=O) groups excluding carboxylic acids is 1. The highest BCUT2D eigenvalue weighted by Gasteiger charge is 2.44. The third-order valence-electron chi connectivity index (χ3n) is 7.76. The van der Waals surface area contributed by atoms with Crippen LogP contribution < -0.4 is 4.74 Å². The van der Waals surface area contributed by atoms with Crippen LogP contribution in [-0.2, 0) is 16.9 Å². The zero-order valence-electron chi connectivity index (χ0n) is 23.1. The number of hydrogen-bond acceptors (Lipinski definition) is 5. The summed E-state index contributed by atoms with van der Waals surface area (Å²) in [6.07, 6.45) is 4.22. The van der Waals surface area contributed by atoms with Crippen molar-refractivity contribution in [2.75, 3.05) is 20.2 Å². The molecule has 1 saturated heterocycles. The highest BCUT2D eigenvalue weighted by atomic mass is 16.5. The lowest BCUT2D eigenvalue weighted by atomic mass is 9.74. The van der Waals surface area contributed by atoms with Crippen LogP contribution >= 0.6 is 0 Å². The van der Waals surface area contributed by atoms with Crippen LogP contribution in [0.3, 0.4) is 0 Å². The van der Waals surface area contributed by atoms with Gasteiger partial charge in [-0.1, -0.05) is 108 Å². The number of Topliss-reactive ketones (excluding diaryl/α,β-unsaturated/α-hetero) is 1. The van der Waals surface area contributed by atoms with Crippen LogP contribution in [0, 0.1) is 0 Å². The van der Waals surface area contributed by atoms with Gasteiger partial charge in [0.25, 0.3) is 0 Å². The van der Waals surface area contributed by atoms with Crippen LogP contribution in [0.25, 0.3) is 6.08 Å². The topological polar surface area (TPSA) is 60.2 Å². The highest BCUT2D eigenvalue weighted by Crippen LogP contribution is 2.44. The number of piperidine rings is 1. The van der Waals surface area contributed by atoms with E-state index in [0.717, 1.165) is 33.6 Å². The van der Waals surface area contributed by atoms with Crippen LogP contribution in [0.2, 0.25) is 0 Å². The molecular formula is C35H32N4O2. The largest absolute Gasteiger partial charge is 0.497 e. The Labute approximate surface area is 240 Å². The first-order valence-electron chi connectivity index (χ1n) is 13.9. The molecule has 1 aliphatic heterocycles. The fraction of sp³-hybridized carbons (Fsp3) is 0.171. The summed E-state index contributed by atoms with van der Waals surface area (Å²) in [5, 5.41) is 8.70. The molecule has 0 N–H and O–H groups in total. The van der Waals surface area contributed by atoms with E-state index in [0.29, 0.717) is 31.7 Å². The van der Waals surface area contributed by atoms with Gasteiger partial charge >= 0.3 is 0 Å². The zero-order chi connectivity index (χ0) is 28.1. The maximum absolute atomic E-state index is 13.3. The summed E-state index contributed by atoms with van der Waals surface area (Å²) in [6, 6.07) is 39.7. The van der Waals surface area contributed by atoms with E-state index in [1.807, 2.05) is 54.7 Å². The van der Waals surface area contributed by atoms with E-state index in [4.69, 9.17) is 4.74 Å². The Hall–Kier alpha value is -4.81. The fourth-order valence-corrected chi connectivity index (χ4v) is 5.82. The summed E-state index contributed by atoms with van der Waals surface area (Å²) in [5.74, 6) is 0.963. The van der Waals surface area contributed by atoms with Crippen molar-refractivity contribution in [1.29, 1.82) is 0 Å². The highest BCUT2D eigenvalue weighted by molar-refractivity contribution is 6.00. The Bertz CT molecular complexity index is 1530. The summed E-state index contributed by atoms with van der Waals surface area (Å²) >= 11 is 0. The fourth-order valence-electron chi connectivity index (χ4n) is 5.82. The molecule has 0 spiro atoms. The predicted molar refractivity (Wildman–Crippen MR) is 160 cm³/mol. The van der Waals surface area contributed by atoms with Crippen molar-refractivity contribution in [2.24, 2.45) is 0 Å². The van der Waals surface area contributed by atoms with Crippen LogP contribution in [-0.4, -0.2) is 45.9 Å². The summed E-state index contributed by atoms with van der Waals surface area (Å²) in [4.78, 5) is 15.7. The molecule has 0 amide bonds. The second-order valence-corrected chi connectivity index (χ2v) is 10.3. The van der Waals surface area contributed by atoms with Gasteiger partial charge in [0.2, 0.25) is 0 Å². The van der Waals surface area contributed by atoms with Crippen molar-refractivity contribution in [3.8, 4) is 5.75 Å². The summed E-state index contributed by atoms with van der Waals surface area (Å²) < 4.78 is 7.05. The Morgan fingerprint density at radius 1 is 0.805 bits per heavy atom. The molecule has 6 nitrogen and oxygen atoms in total. The number of methoxy groups -OCH3 is 1. The van der Waals surface area contributed by atoms with Crippen molar-refractivity contribution in [1.82, 2.24) is 19.9 Å². The van der Waals surface area contributed by atoms with E-state index in [1.165, 1.54) is 0 Å². The van der Waals surface area contributed by atoms with Gasteiger partial charge in [-0.3, -0.25) is 9.69 Å². The maximum atomic E-state index is 13.3. The molecule has 5 aromatic rings. The lowest BCUT2D eigenvalue weighted by molar-refractivity contribution is -0.117. The van der Waals surface area contributed by atoms with Gasteiger partial charge in [0.15, 0.2) is 5.78 Å². The number of ketones is 1. The van der Waals surface area contributed by atoms with Crippen molar-refractivity contribution in [2.45, 2.75) is 18.5 Å². The number of benzene rings is 4. The third-order valence-corrected chi connectivity index (χ3v) is 7.76. The number of likely N-dealkylation sites (tertiary alicyclic amines) is 1. The molecule has 6 rings (SSSR count). The number of aromatic nitrogens is 3. The van der Waals surface area contributed by atoms with Gasteiger partial charge < -0.3 is 4.74 Å². The monoisotopic (exact) mass is 540 g/mol. The number of carbonyl (C=O) groups is 1. The molecule has 0 radical (unpaired) electrons. The molecule has 0 aliphatic carbocycles. The molecule has 0 unspecified atom stereocenters. The molecule has 0 atom stereocenters. The first kappa shape index (κ1) is 26.4. The molecule has 0 saturated carbocycles. The first-order chi connectivity index (χ1) is 20.2. The Morgan fingerprint density at radius 2 is 1.37 bits per heavy atom. The SMILES string of the molecule is COc1ccc(Cn2cc(/C=C3/CN(C(c4ccccc4)(c4ccccc4)c4ccccc4)CCC3=O)nn2)cc1. The van der Waals surface area contributed by atoms with Gasteiger partial charge in [0, 0.05) is 25.1 Å². The molecule has 4 aromatic carbocycles. The average Bonchev–Trinajstić information content (AvgIpc) is 3.47. The second-order valence-electron chi connectivity index (χ2n) is 10.3. The Morgan fingerprint density at radius 3 is 1.90 bits per heavy atom. The number of ether oxygens (including phenoxy) is 1. The van der Waals surface area contributed by atoms with Crippen LogP contribution in [0.1, 0.15) is 34.4 Å². The van der Waals surface area contributed by atoms with Crippen molar-refractivity contribution < 1.29 is 9.53 Å². The summed E-state index contributed by atoms with van der Waals surface area (Å²) in [5.41, 5.74) is 5.42. The molecule has 1 aliphatic rings. The smallest absolute Gasteiger partial charge is 0.161 e. The van der Waals surface area contributed by atoms with Gasteiger partial charge in [0.05, 0.1) is 25.4 Å². The third kappa shape index (κ3) is 5.34. The minimum absolute atomic E-state index is 0.147.